The maximum Gasteiger partial charge on any atom is 0.138 e. The van der Waals surface area contributed by atoms with Gasteiger partial charge in [-0.05, 0) is 26.8 Å². The molecule has 0 aliphatic rings. The molecule has 0 radical (unpaired) electrons. The molecule has 0 aromatic carbocycles. The predicted octanol–water partition coefficient (Wildman–Crippen LogP) is 3.30. The van der Waals surface area contributed by atoms with E-state index in [0.29, 0.717) is 4.64 Å². The van der Waals surface area contributed by atoms with Crippen molar-refractivity contribution in [2.45, 2.75) is 26.9 Å². The number of H-pyrrole nitrogens is 1. The molecule has 0 spiro atoms. The van der Waals surface area contributed by atoms with Crippen molar-refractivity contribution >= 4 is 12.2 Å². The van der Waals surface area contributed by atoms with E-state index < -0.39 is 0 Å². The SMILES string of the molecule is Cc1c(-c2cncc(OC(C)C)c2)[nH]cnc1=S. The molecule has 2 aromatic heterocycles. The zero-order valence-electron chi connectivity index (χ0n) is 10.6. The van der Waals surface area contributed by atoms with Gasteiger partial charge < -0.3 is 9.72 Å². The van der Waals surface area contributed by atoms with Crippen molar-refractivity contribution in [1.29, 1.82) is 0 Å². The Bertz CT molecular complexity index is 607. The van der Waals surface area contributed by atoms with Gasteiger partial charge >= 0.3 is 0 Å². The lowest BCUT2D eigenvalue weighted by Gasteiger charge is -2.11. The van der Waals surface area contributed by atoms with E-state index in [0.717, 1.165) is 22.6 Å². The first kappa shape index (κ1) is 12.7. The molecular formula is C13H15N3OS. The van der Waals surface area contributed by atoms with Crippen LogP contribution in [-0.2, 0) is 0 Å². The van der Waals surface area contributed by atoms with Crippen LogP contribution in [0, 0.1) is 11.6 Å². The van der Waals surface area contributed by atoms with E-state index in [4.69, 9.17) is 17.0 Å². The third-order valence-corrected chi connectivity index (χ3v) is 2.87. The summed E-state index contributed by atoms with van der Waals surface area (Å²) in [5, 5.41) is 0. The van der Waals surface area contributed by atoms with Crippen molar-refractivity contribution in [2.75, 3.05) is 0 Å². The van der Waals surface area contributed by atoms with Crippen LogP contribution in [-0.4, -0.2) is 21.1 Å². The number of nitrogens with one attached hydrogen (secondary N) is 1. The van der Waals surface area contributed by atoms with Crippen molar-refractivity contribution in [3.8, 4) is 17.0 Å². The van der Waals surface area contributed by atoms with E-state index in [-0.39, 0.29) is 6.10 Å². The monoisotopic (exact) mass is 261 g/mol. The number of rotatable bonds is 3. The fraction of sp³-hybridized carbons (Fsp3) is 0.308. The van der Waals surface area contributed by atoms with Gasteiger partial charge in [0.05, 0.1) is 24.3 Å². The van der Waals surface area contributed by atoms with Crippen LogP contribution >= 0.6 is 12.2 Å². The molecule has 5 heteroatoms. The molecule has 0 saturated heterocycles. The molecule has 2 heterocycles. The van der Waals surface area contributed by atoms with Crippen LogP contribution in [0.3, 0.4) is 0 Å². The Balaban J connectivity index is 2.45. The van der Waals surface area contributed by atoms with Crippen molar-refractivity contribution in [3.05, 3.63) is 35.0 Å². The molecule has 1 N–H and O–H groups in total. The van der Waals surface area contributed by atoms with Crippen molar-refractivity contribution in [3.63, 3.8) is 0 Å². The van der Waals surface area contributed by atoms with Gasteiger partial charge in [0.1, 0.15) is 10.4 Å². The minimum Gasteiger partial charge on any atom is -0.489 e. The molecular weight excluding hydrogens is 246 g/mol. The summed E-state index contributed by atoms with van der Waals surface area (Å²) >= 11 is 5.16. The lowest BCUT2D eigenvalue weighted by molar-refractivity contribution is 0.241. The van der Waals surface area contributed by atoms with Crippen LogP contribution in [0.1, 0.15) is 19.4 Å². The van der Waals surface area contributed by atoms with Gasteiger partial charge in [0, 0.05) is 17.3 Å². The van der Waals surface area contributed by atoms with Gasteiger partial charge in [-0.3, -0.25) is 4.98 Å². The maximum atomic E-state index is 5.63. The highest BCUT2D eigenvalue weighted by Crippen LogP contribution is 2.23. The highest BCUT2D eigenvalue weighted by atomic mass is 32.1. The molecule has 0 atom stereocenters. The molecule has 0 unspecified atom stereocenters. The van der Waals surface area contributed by atoms with Gasteiger partial charge in [-0.15, -0.1) is 0 Å². The van der Waals surface area contributed by atoms with Crippen molar-refractivity contribution in [2.24, 2.45) is 0 Å². The molecule has 2 aromatic rings. The highest BCUT2D eigenvalue weighted by molar-refractivity contribution is 7.71. The Kier molecular flexibility index (Phi) is 3.72. The van der Waals surface area contributed by atoms with Gasteiger partial charge in [0.2, 0.25) is 0 Å². The van der Waals surface area contributed by atoms with Gasteiger partial charge in [0.25, 0.3) is 0 Å². The lowest BCUT2D eigenvalue weighted by atomic mass is 10.1. The standard InChI is InChI=1S/C13H15N3OS/c1-8(2)17-11-4-10(5-14-6-11)12-9(3)13(18)16-7-15-12/h4-8H,1-3H3,(H,15,16,18). The van der Waals surface area contributed by atoms with Crippen LogP contribution in [0.2, 0.25) is 0 Å². The van der Waals surface area contributed by atoms with Crippen LogP contribution in [0.25, 0.3) is 11.3 Å². The number of nitrogens with zero attached hydrogens (tertiary/aromatic N) is 2. The van der Waals surface area contributed by atoms with Gasteiger partial charge in [-0.1, -0.05) is 12.2 Å². The van der Waals surface area contributed by atoms with Gasteiger partial charge in [-0.25, -0.2) is 4.98 Å². The topological polar surface area (TPSA) is 50.8 Å². The minimum atomic E-state index is 0.124. The Morgan fingerprint density at radius 3 is 2.83 bits per heavy atom. The van der Waals surface area contributed by atoms with E-state index in [9.17, 15) is 0 Å². The first-order chi connectivity index (χ1) is 8.58. The van der Waals surface area contributed by atoms with Crippen molar-refractivity contribution in [1.82, 2.24) is 15.0 Å². The zero-order valence-corrected chi connectivity index (χ0v) is 11.4. The summed E-state index contributed by atoms with van der Waals surface area (Å²) in [6.07, 6.45) is 5.20. The van der Waals surface area contributed by atoms with Crippen LogP contribution in [0.4, 0.5) is 0 Å². The van der Waals surface area contributed by atoms with E-state index in [1.807, 2.05) is 26.8 Å². The summed E-state index contributed by atoms with van der Waals surface area (Å²) in [5.74, 6) is 0.748. The number of aromatic nitrogens is 3. The highest BCUT2D eigenvalue weighted by Gasteiger charge is 2.06. The first-order valence-electron chi connectivity index (χ1n) is 5.74. The fourth-order valence-corrected chi connectivity index (χ4v) is 1.81. The quantitative estimate of drug-likeness (QED) is 0.861. The Labute approximate surface area is 111 Å². The maximum absolute atomic E-state index is 5.63. The third kappa shape index (κ3) is 2.73. The normalized spacial score (nSPS) is 10.7. The van der Waals surface area contributed by atoms with Crippen LogP contribution in [0.15, 0.2) is 24.8 Å². The second kappa shape index (κ2) is 5.27. The lowest BCUT2D eigenvalue weighted by Crippen LogP contribution is -2.05. The summed E-state index contributed by atoms with van der Waals surface area (Å²) < 4.78 is 6.22. The molecule has 0 aliphatic carbocycles. The largest absolute Gasteiger partial charge is 0.489 e. The summed E-state index contributed by atoms with van der Waals surface area (Å²) in [6, 6.07) is 1.95. The summed E-state index contributed by atoms with van der Waals surface area (Å²) in [7, 11) is 0. The second-order valence-electron chi connectivity index (χ2n) is 4.28. The summed E-state index contributed by atoms with van der Waals surface area (Å²) in [4.78, 5) is 11.3. The molecule has 94 valence electrons. The number of hydrogen-bond donors (Lipinski definition) is 1. The molecule has 2 rings (SSSR count). The molecule has 0 amide bonds. The van der Waals surface area contributed by atoms with Gasteiger partial charge in [0.15, 0.2) is 0 Å². The summed E-state index contributed by atoms with van der Waals surface area (Å²) in [5.41, 5.74) is 2.81. The number of ether oxygens (including phenoxy) is 1. The molecule has 0 bridgehead atoms. The molecule has 0 fully saturated rings. The van der Waals surface area contributed by atoms with Crippen LogP contribution < -0.4 is 4.74 Å². The molecule has 0 aliphatic heterocycles. The number of aromatic amines is 1. The smallest absolute Gasteiger partial charge is 0.138 e. The molecule has 0 saturated carbocycles. The Hall–Kier alpha value is -1.75. The zero-order chi connectivity index (χ0) is 13.1. The molecule has 18 heavy (non-hydrogen) atoms. The van der Waals surface area contributed by atoms with Gasteiger partial charge in [-0.2, -0.15) is 0 Å². The summed E-state index contributed by atoms with van der Waals surface area (Å²) in [6.45, 7) is 5.91. The first-order valence-corrected chi connectivity index (χ1v) is 6.15. The van der Waals surface area contributed by atoms with Crippen LogP contribution in [0.5, 0.6) is 5.75 Å². The third-order valence-electron chi connectivity index (χ3n) is 2.46. The molecule has 4 nitrogen and oxygen atoms in total. The van der Waals surface area contributed by atoms with E-state index >= 15 is 0 Å². The Morgan fingerprint density at radius 2 is 2.11 bits per heavy atom. The average molecular weight is 261 g/mol. The van der Waals surface area contributed by atoms with E-state index in [1.165, 1.54) is 0 Å². The van der Waals surface area contributed by atoms with E-state index in [1.54, 1.807) is 18.7 Å². The fourth-order valence-electron chi connectivity index (χ4n) is 1.66. The number of hydrogen-bond acceptors (Lipinski definition) is 4. The minimum absolute atomic E-state index is 0.124. The number of pyridine rings is 1. The Morgan fingerprint density at radius 1 is 1.33 bits per heavy atom. The second-order valence-corrected chi connectivity index (χ2v) is 4.67. The van der Waals surface area contributed by atoms with E-state index in [2.05, 4.69) is 15.0 Å². The van der Waals surface area contributed by atoms with Crippen molar-refractivity contribution < 1.29 is 4.74 Å². The average Bonchev–Trinajstić information content (AvgIpc) is 2.32. The predicted molar refractivity (Wildman–Crippen MR) is 73.2 cm³/mol.